The first-order valence-electron chi connectivity index (χ1n) is 11.8. The number of rotatable bonds is 6. The molecule has 5 rings (SSSR count). The highest BCUT2D eigenvalue weighted by atomic mass is 32.2. The molecule has 0 unspecified atom stereocenters. The van der Waals surface area contributed by atoms with E-state index in [0.29, 0.717) is 34.1 Å². The maximum Gasteiger partial charge on any atom is 0.328 e. The predicted octanol–water partition coefficient (Wildman–Crippen LogP) is 5.74. The summed E-state index contributed by atoms with van der Waals surface area (Å²) in [5.74, 6) is -1.96. The molecule has 1 aliphatic rings. The first kappa shape index (κ1) is 25.3. The molecule has 0 atom stereocenters. The van der Waals surface area contributed by atoms with Crippen LogP contribution in [0.5, 0.6) is 0 Å². The Balaban J connectivity index is 1.59. The summed E-state index contributed by atoms with van der Waals surface area (Å²) in [6, 6.07) is 17.5. The molecule has 0 radical (unpaired) electrons. The van der Waals surface area contributed by atoms with Gasteiger partial charge in [-0.05, 0) is 48.6 Å². The van der Waals surface area contributed by atoms with Gasteiger partial charge >= 0.3 is 6.03 Å². The van der Waals surface area contributed by atoms with Crippen molar-refractivity contribution in [1.82, 2.24) is 20.6 Å². The van der Waals surface area contributed by atoms with Gasteiger partial charge in [-0.15, -0.1) is 0 Å². The Morgan fingerprint density at radius 3 is 2.50 bits per heavy atom. The van der Waals surface area contributed by atoms with E-state index < -0.39 is 23.4 Å². The molecule has 1 aliphatic heterocycles. The predicted molar refractivity (Wildman–Crippen MR) is 142 cm³/mol. The third-order valence-electron chi connectivity index (χ3n) is 6.19. The number of hydrogen-bond donors (Lipinski definition) is 2. The number of carbonyl (C=O) groups excluding carboxylic acids is 2. The lowest BCUT2D eigenvalue weighted by Gasteiger charge is -2.30. The smallest absolute Gasteiger partial charge is 0.328 e. The van der Waals surface area contributed by atoms with E-state index in [0.717, 1.165) is 28.2 Å². The number of hydrogen-bond acceptors (Lipinski definition) is 5. The molecule has 38 heavy (non-hydrogen) atoms. The van der Waals surface area contributed by atoms with Crippen molar-refractivity contribution in [3.63, 3.8) is 0 Å². The molecule has 7 nitrogen and oxygen atoms in total. The van der Waals surface area contributed by atoms with Crippen molar-refractivity contribution >= 4 is 35.2 Å². The maximum absolute atomic E-state index is 14.8. The van der Waals surface area contributed by atoms with Crippen molar-refractivity contribution in [1.29, 1.82) is 0 Å². The van der Waals surface area contributed by atoms with Crippen LogP contribution >= 0.6 is 11.8 Å². The van der Waals surface area contributed by atoms with Crippen molar-refractivity contribution < 1.29 is 18.4 Å². The lowest BCUT2D eigenvalue weighted by atomic mass is 9.97. The van der Waals surface area contributed by atoms with Crippen LogP contribution in [0.2, 0.25) is 0 Å². The van der Waals surface area contributed by atoms with Gasteiger partial charge in [0.1, 0.15) is 17.3 Å². The van der Waals surface area contributed by atoms with E-state index in [4.69, 9.17) is 0 Å². The maximum atomic E-state index is 14.8. The number of amides is 3. The molecule has 10 heteroatoms. The van der Waals surface area contributed by atoms with Gasteiger partial charge in [0.25, 0.3) is 5.91 Å². The number of nitrogens with zero attached hydrogens (tertiary/aromatic N) is 3. The molecule has 0 spiro atoms. The lowest BCUT2D eigenvalue weighted by molar-refractivity contribution is 0.0951. The molecule has 192 valence electrons. The number of para-hydroxylation sites is 1. The van der Waals surface area contributed by atoms with Crippen LogP contribution in [0.1, 0.15) is 27.0 Å². The fourth-order valence-electron chi connectivity index (χ4n) is 4.26. The third kappa shape index (κ3) is 4.82. The molecule has 1 aromatic heterocycles. The molecule has 0 saturated heterocycles. The van der Waals surface area contributed by atoms with Gasteiger partial charge in [-0.25, -0.2) is 28.4 Å². The van der Waals surface area contributed by atoms with Crippen molar-refractivity contribution in [2.45, 2.75) is 25.2 Å². The highest BCUT2D eigenvalue weighted by Gasteiger charge is 2.34. The minimum atomic E-state index is -0.896. The minimum absolute atomic E-state index is 0.0502. The highest BCUT2D eigenvalue weighted by Crippen LogP contribution is 2.39. The van der Waals surface area contributed by atoms with Crippen LogP contribution < -0.4 is 15.5 Å². The summed E-state index contributed by atoms with van der Waals surface area (Å²) < 4.78 is 29.5. The Bertz CT molecular complexity index is 1530. The number of nitrogens with one attached hydrogen (secondary N) is 2. The first-order chi connectivity index (χ1) is 18.4. The molecule has 2 N–H and O–H groups in total. The van der Waals surface area contributed by atoms with Crippen LogP contribution in [0.4, 0.5) is 25.1 Å². The number of urea groups is 1. The van der Waals surface area contributed by atoms with E-state index in [2.05, 4.69) is 20.6 Å². The number of anilines is 2. The van der Waals surface area contributed by atoms with Gasteiger partial charge in [-0.2, -0.15) is 0 Å². The number of halogens is 2. The Morgan fingerprint density at radius 1 is 1.05 bits per heavy atom. The average molecular weight is 532 g/mol. The molecular weight excluding hydrogens is 508 g/mol. The van der Waals surface area contributed by atoms with Crippen molar-refractivity contribution in [2.24, 2.45) is 0 Å². The second kappa shape index (κ2) is 10.6. The number of aromatic nitrogens is 2. The summed E-state index contributed by atoms with van der Waals surface area (Å²) in [6.45, 7) is 2.30. The summed E-state index contributed by atoms with van der Waals surface area (Å²) in [4.78, 5) is 35.9. The SMILES string of the molecule is CSc1nc(-c2cc(C(=O)NCc3ccccc3)ccc2C)c2c(n1)N(c1c(F)cccc1F)C(=O)NC2. The average Bonchev–Trinajstić information content (AvgIpc) is 2.93. The van der Waals surface area contributed by atoms with E-state index in [1.54, 1.807) is 18.4 Å². The lowest BCUT2D eigenvalue weighted by Crippen LogP contribution is -2.43. The van der Waals surface area contributed by atoms with Gasteiger partial charge in [0, 0.05) is 23.2 Å². The van der Waals surface area contributed by atoms with Crippen LogP contribution in [0.15, 0.2) is 71.9 Å². The number of benzene rings is 3. The standard InChI is InChI=1S/C28H23F2N5O2S/c1-16-11-12-18(26(36)31-14-17-7-4-3-5-8-17)13-19(16)23-20-15-32-28(37)35(25(20)34-27(33-23)38-2)24-21(29)9-6-10-22(24)30/h3-13H,14-15H2,1-2H3,(H,31,36)(H,32,37). The van der Waals surface area contributed by atoms with E-state index >= 15 is 0 Å². The van der Waals surface area contributed by atoms with Crippen molar-refractivity contribution in [2.75, 3.05) is 11.2 Å². The highest BCUT2D eigenvalue weighted by molar-refractivity contribution is 7.98. The fraction of sp³-hybridized carbons (Fsp3) is 0.143. The van der Waals surface area contributed by atoms with Gasteiger partial charge in [0.15, 0.2) is 11.0 Å². The zero-order valence-corrected chi connectivity index (χ0v) is 21.4. The van der Waals surface area contributed by atoms with Crippen LogP contribution in [-0.2, 0) is 13.1 Å². The van der Waals surface area contributed by atoms with Crippen molar-refractivity contribution in [3.05, 3.63) is 101 Å². The van der Waals surface area contributed by atoms with Crippen LogP contribution in [0.3, 0.4) is 0 Å². The van der Waals surface area contributed by atoms with Crippen molar-refractivity contribution in [3.8, 4) is 11.3 Å². The van der Waals surface area contributed by atoms with Gasteiger partial charge in [0.05, 0.1) is 12.2 Å². The minimum Gasteiger partial charge on any atom is -0.348 e. The molecule has 0 aliphatic carbocycles. The number of fused-ring (bicyclic) bond motifs is 1. The first-order valence-corrected chi connectivity index (χ1v) is 13.0. The van der Waals surface area contributed by atoms with E-state index in [9.17, 15) is 18.4 Å². The van der Waals surface area contributed by atoms with Crippen LogP contribution in [0, 0.1) is 18.6 Å². The zero-order valence-electron chi connectivity index (χ0n) is 20.6. The number of carbonyl (C=O) groups is 2. The molecule has 3 amide bonds. The number of aryl methyl sites for hydroxylation is 1. The normalized spacial score (nSPS) is 12.6. The summed E-state index contributed by atoms with van der Waals surface area (Å²) >= 11 is 1.23. The molecule has 0 fully saturated rings. The zero-order chi connectivity index (χ0) is 26.8. The van der Waals surface area contributed by atoms with Gasteiger partial charge in [-0.3, -0.25) is 4.79 Å². The van der Waals surface area contributed by atoms with Gasteiger partial charge in [0.2, 0.25) is 0 Å². The molecule has 4 aromatic rings. The fourth-order valence-corrected chi connectivity index (χ4v) is 4.62. The number of thioether (sulfide) groups is 1. The van der Waals surface area contributed by atoms with E-state index in [-0.39, 0.29) is 18.3 Å². The molecule has 0 saturated carbocycles. The molecule has 0 bridgehead atoms. The van der Waals surface area contributed by atoms with Gasteiger partial charge in [-0.1, -0.05) is 54.2 Å². The van der Waals surface area contributed by atoms with E-state index in [1.807, 2.05) is 43.3 Å². The summed E-state index contributed by atoms with van der Waals surface area (Å²) in [5.41, 5.74) is 3.31. The Labute approximate surface area is 222 Å². The monoisotopic (exact) mass is 531 g/mol. The summed E-state index contributed by atoms with van der Waals surface area (Å²) in [5, 5.41) is 5.91. The molecule has 2 heterocycles. The summed E-state index contributed by atoms with van der Waals surface area (Å²) in [7, 11) is 0. The second-order valence-electron chi connectivity index (χ2n) is 8.62. The topological polar surface area (TPSA) is 87.2 Å². The Kier molecular flexibility index (Phi) is 7.06. The van der Waals surface area contributed by atoms with Gasteiger partial charge < -0.3 is 10.6 Å². The molecule has 3 aromatic carbocycles. The van der Waals surface area contributed by atoms with E-state index in [1.165, 1.54) is 17.8 Å². The van der Waals surface area contributed by atoms with Crippen LogP contribution in [0.25, 0.3) is 11.3 Å². The molecular formula is C28H23F2N5O2S. The summed E-state index contributed by atoms with van der Waals surface area (Å²) in [6.07, 6.45) is 1.77. The quantitative estimate of drug-likeness (QED) is 0.245. The largest absolute Gasteiger partial charge is 0.348 e. The Morgan fingerprint density at radius 2 is 1.79 bits per heavy atom. The Hall–Kier alpha value is -4.31. The van der Waals surface area contributed by atoms with Crippen LogP contribution in [-0.4, -0.2) is 28.2 Å². The third-order valence-corrected chi connectivity index (χ3v) is 6.74. The second-order valence-corrected chi connectivity index (χ2v) is 9.40.